The summed E-state index contributed by atoms with van der Waals surface area (Å²) in [6.07, 6.45) is 5.56. The van der Waals surface area contributed by atoms with Gasteiger partial charge in [0.05, 0.1) is 26.8 Å². The van der Waals surface area contributed by atoms with Crippen molar-refractivity contribution in [3.63, 3.8) is 0 Å². The maximum atomic E-state index is 13.2. The lowest BCUT2D eigenvalue weighted by Gasteiger charge is -2.41. The number of ether oxygens (including phenoxy) is 2. The van der Waals surface area contributed by atoms with Gasteiger partial charge in [-0.3, -0.25) is 9.69 Å². The number of benzene rings is 1. The first-order chi connectivity index (χ1) is 13.9. The van der Waals surface area contributed by atoms with Crippen LogP contribution in [0, 0.1) is 17.2 Å². The van der Waals surface area contributed by atoms with Gasteiger partial charge in [-0.1, -0.05) is 13.0 Å². The number of methoxy groups -OCH3 is 2. The third kappa shape index (κ3) is 4.35. The number of rotatable bonds is 6. The van der Waals surface area contributed by atoms with E-state index in [0.717, 1.165) is 62.1 Å². The van der Waals surface area contributed by atoms with Crippen LogP contribution >= 0.6 is 0 Å². The van der Waals surface area contributed by atoms with Gasteiger partial charge in [0.25, 0.3) is 0 Å². The van der Waals surface area contributed by atoms with Crippen LogP contribution in [0.5, 0.6) is 11.5 Å². The Morgan fingerprint density at radius 3 is 2.62 bits per heavy atom. The van der Waals surface area contributed by atoms with Gasteiger partial charge < -0.3 is 14.4 Å². The summed E-state index contributed by atoms with van der Waals surface area (Å²) in [7, 11) is 5.11. The fourth-order valence-corrected chi connectivity index (χ4v) is 4.74. The van der Waals surface area contributed by atoms with Crippen molar-refractivity contribution in [2.45, 2.75) is 57.0 Å². The van der Waals surface area contributed by atoms with Crippen LogP contribution in [0.3, 0.4) is 0 Å². The third-order valence-electron chi connectivity index (χ3n) is 6.83. The molecule has 0 unspecified atom stereocenters. The molecule has 29 heavy (non-hydrogen) atoms. The molecule has 1 aromatic rings. The second kappa shape index (κ2) is 9.04. The van der Waals surface area contributed by atoms with E-state index < -0.39 is 5.54 Å². The zero-order chi connectivity index (χ0) is 21.0. The Bertz CT molecular complexity index is 765. The summed E-state index contributed by atoms with van der Waals surface area (Å²) in [5.41, 5.74) is 0.430. The molecule has 2 aliphatic rings. The molecule has 0 bridgehead atoms. The van der Waals surface area contributed by atoms with Gasteiger partial charge in [-0.2, -0.15) is 5.26 Å². The lowest BCUT2D eigenvalue weighted by molar-refractivity contribution is -0.136. The molecule has 1 saturated carbocycles. The molecule has 1 amide bonds. The summed E-state index contributed by atoms with van der Waals surface area (Å²) in [5, 5.41) is 9.87. The van der Waals surface area contributed by atoms with E-state index in [0.29, 0.717) is 12.5 Å². The molecule has 0 N–H and O–H groups in total. The summed E-state index contributed by atoms with van der Waals surface area (Å²) in [6.45, 7) is 3.42. The topological polar surface area (TPSA) is 65.8 Å². The van der Waals surface area contributed by atoms with E-state index in [-0.39, 0.29) is 11.9 Å². The number of hydrogen-bond acceptors (Lipinski definition) is 5. The monoisotopic (exact) mass is 399 g/mol. The normalized spacial score (nSPS) is 27.3. The fraction of sp³-hybridized carbons (Fsp3) is 0.652. The van der Waals surface area contributed by atoms with Gasteiger partial charge in [-0.15, -0.1) is 0 Å². The van der Waals surface area contributed by atoms with Crippen LogP contribution in [0.1, 0.15) is 57.1 Å². The van der Waals surface area contributed by atoms with Crippen LogP contribution in [0.4, 0.5) is 0 Å². The van der Waals surface area contributed by atoms with Gasteiger partial charge in [0.2, 0.25) is 5.91 Å². The smallest absolute Gasteiger partial charge is 0.237 e. The average Bonchev–Trinajstić information content (AvgIpc) is 3.21. The second-order valence-electron chi connectivity index (χ2n) is 8.52. The Labute approximate surface area is 174 Å². The zero-order valence-corrected chi connectivity index (χ0v) is 18.1. The van der Waals surface area contributed by atoms with Crippen molar-refractivity contribution in [1.82, 2.24) is 9.80 Å². The largest absolute Gasteiger partial charge is 0.497 e. The molecular formula is C23H33N3O3. The summed E-state index contributed by atoms with van der Waals surface area (Å²) in [5.74, 6) is 2.20. The Morgan fingerprint density at radius 1 is 1.28 bits per heavy atom. The maximum absolute atomic E-state index is 13.2. The van der Waals surface area contributed by atoms with Crippen molar-refractivity contribution in [2.24, 2.45) is 5.92 Å². The van der Waals surface area contributed by atoms with Gasteiger partial charge in [0, 0.05) is 24.7 Å². The molecule has 2 fully saturated rings. The second-order valence-corrected chi connectivity index (χ2v) is 8.52. The van der Waals surface area contributed by atoms with E-state index >= 15 is 0 Å². The number of carbonyl (C=O) groups is 1. The van der Waals surface area contributed by atoms with Gasteiger partial charge in [0.1, 0.15) is 17.0 Å². The SMILES string of the molecule is COc1ccc([C@@H]2CCCN2CC(=O)N(C)C2(C#N)CCC(C)CC2)c(OC)c1. The molecule has 0 aromatic heterocycles. The Morgan fingerprint density at radius 2 is 2.00 bits per heavy atom. The van der Waals surface area contributed by atoms with Crippen molar-refractivity contribution in [3.8, 4) is 17.6 Å². The van der Waals surface area contributed by atoms with E-state index in [1.54, 1.807) is 26.2 Å². The first-order valence-corrected chi connectivity index (χ1v) is 10.6. The minimum absolute atomic E-state index is 0.0282. The van der Waals surface area contributed by atoms with Crippen molar-refractivity contribution in [2.75, 3.05) is 34.4 Å². The minimum Gasteiger partial charge on any atom is -0.497 e. The molecule has 1 aliphatic heterocycles. The van der Waals surface area contributed by atoms with Crippen LogP contribution < -0.4 is 9.47 Å². The van der Waals surface area contributed by atoms with E-state index in [1.165, 1.54) is 0 Å². The first-order valence-electron chi connectivity index (χ1n) is 10.6. The number of nitriles is 1. The highest BCUT2D eigenvalue weighted by Gasteiger charge is 2.41. The lowest BCUT2D eigenvalue weighted by atomic mass is 9.77. The molecule has 1 aromatic carbocycles. The number of amides is 1. The van der Waals surface area contributed by atoms with E-state index in [4.69, 9.17) is 9.47 Å². The predicted molar refractivity (Wildman–Crippen MR) is 112 cm³/mol. The van der Waals surface area contributed by atoms with Crippen LogP contribution in [-0.4, -0.2) is 55.6 Å². The molecule has 6 heteroatoms. The van der Waals surface area contributed by atoms with E-state index in [1.807, 2.05) is 18.2 Å². The van der Waals surface area contributed by atoms with Gasteiger partial charge in [0.15, 0.2) is 0 Å². The minimum atomic E-state index is -0.656. The van der Waals surface area contributed by atoms with Crippen molar-refractivity contribution < 1.29 is 14.3 Å². The molecule has 3 rings (SSSR count). The number of likely N-dealkylation sites (tertiary alicyclic amines) is 1. The number of carbonyl (C=O) groups excluding carboxylic acids is 1. The molecule has 0 spiro atoms. The molecule has 158 valence electrons. The van der Waals surface area contributed by atoms with Crippen molar-refractivity contribution >= 4 is 5.91 Å². The van der Waals surface area contributed by atoms with E-state index in [9.17, 15) is 10.1 Å². The number of hydrogen-bond donors (Lipinski definition) is 0. The van der Waals surface area contributed by atoms with Crippen LogP contribution in [0.2, 0.25) is 0 Å². The molecule has 6 nitrogen and oxygen atoms in total. The standard InChI is InChI=1S/C23H33N3O3/c1-17-9-11-23(16-24,12-10-17)25(2)22(27)15-26-13-5-6-20(26)19-8-7-18(28-3)14-21(19)29-4/h7-8,14,17,20H,5-6,9-13,15H2,1-4H3/t17?,20-,23?/m0/s1. The Balaban J connectivity index is 1.74. The lowest BCUT2D eigenvalue weighted by Crippen LogP contribution is -2.53. The highest BCUT2D eigenvalue weighted by molar-refractivity contribution is 5.79. The highest BCUT2D eigenvalue weighted by atomic mass is 16.5. The van der Waals surface area contributed by atoms with Gasteiger partial charge in [-0.05, 0) is 57.1 Å². The van der Waals surface area contributed by atoms with Crippen molar-refractivity contribution in [3.05, 3.63) is 23.8 Å². The van der Waals surface area contributed by atoms with Crippen LogP contribution in [0.25, 0.3) is 0 Å². The quantitative estimate of drug-likeness (QED) is 0.728. The predicted octanol–water partition coefficient (Wildman–Crippen LogP) is 3.77. The number of nitrogens with zero attached hydrogens (tertiary/aromatic N) is 3. The maximum Gasteiger partial charge on any atom is 0.237 e. The Kier molecular flexibility index (Phi) is 6.69. The molecule has 1 heterocycles. The summed E-state index contributed by atoms with van der Waals surface area (Å²) >= 11 is 0. The molecule has 1 saturated heterocycles. The Hall–Kier alpha value is -2.26. The van der Waals surface area contributed by atoms with Gasteiger partial charge in [-0.25, -0.2) is 0 Å². The van der Waals surface area contributed by atoms with Crippen molar-refractivity contribution in [1.29, 1.82) is 5.26 Å². The molecule has 1 atom stereocenters. The van der Waals surface area contributed by atoms with Crippen LogP contribution in [-0.2, 0) is 4.79 Å². The highest BCUT2D eigenvalue weighted by Crippen LogP contribution is 2.39. The van der Waals surface area contributed by atoms with E-state index in [2.05, 4.69) is 17.9 Å². The third-order valence-corrected chi connectivity index (χ3v) is 6.83. The molecular weight excluding hydrogens is 366 g/mol. The summed E-state index contributed by atoms with van der Waals surface area (Å²) in [6, 6.07) is 8.48. The zero-order valence-electron chi connectivity index (χ0n) is 18.1. The summed E-state index contributed by atoms with van der Waals surface area (Å²) < 4.78 is 10.9. The average molecular weight is 400 g/mol. The molecule has 1 aliphatic carbocycles. The number of likely N-dealkylation sites (N-methyl/N-ethyl adjacent to an activating group) is 1. The summed E-state index contributed by atoms with van der Waals surface area (Å²) in [4.78, 5) is 17.1. The fourth-order valence-electron chi connectivity index (χ4n) is 4.74. The first kappa shape index (κ1) is 21.4. The van der Waals surface area contributed by atoms with Gasteiger partial charge >= 0.3 is 0 Å². The van der Waals surface area contributed by atoms with Crippen LogP contribution in [0.15, 0.2) is 18.2 Å². The molecule has 0 radical (unpaired) electrons.